The van der Waals surface area contributed by atoms with Gasteiger partial charge < -0.3 is 4.74 Å². The summed E-state index contributed by atoms with van der Waals surface area (Å²) in [6.07, 6.45) is 2.52. The molecular weight excluding hydrogens is 232 g/mol. The summed E-state index contributed by atoms with van der Waals surface area (Å²) in [4.78, 5) is 12.2. The molecule has 0 unspecified atom stereocenters. The third-order valence-electron chi connectivity index (χ3n) is 2.47. The predicted molar refractivity (Wildman–Crippen MR) is 64.5 cm³/mol. The normalized spacial score (nSPS) is 10.3. The standard InChI is InChI=1S/C12H14N4O2/c1-3-8-16-10(6-7-13-16)12(17)9-4-5-11(18-2)15-14-9/h4-7H,3,8H2,1-2H3. The molecule has 0 amide bonds. The molecule has 2 heterocycles. The van der Waals surface area contributed by atoms with E-state index in [9.17, 15) is 4.79 Å². The number of methoxy groups -OCH3 is 1. The summed E-state index contributed by atoms with van der Waals surface area (Å²) < 4.78 is 6.57. The highest BCUT2D eigenvalue weighted by Gasteiger charge is 2.15. The molecule has 0 aromatic carbocycles. The van der Waals surface area contributed by atoms with Crippen LogP contribution in [-0.4, -0.2) is 32.9 Å². The van der Waals surface area contributed by atoms with Gasteiger partial charge in [0.05, 0.1) is 7.11 Å². The Kier molecular flexibility index (Phi) is 3.66. The molecule has 0 saturated carbocycles. The van der Waals surface area contributed by atoms with Gasteiger partial charge in [-0.25, -0.2) is 0 Å². The molecule has 2 rings (SSSR count). The maximum Gasteiger partial charge on any atom is 0.233 e. The lowest BCUT2D eigenvalue weighted by atomic mass is 10.2. The van der Waals surface area contributed by atoms with Gasteiger partial charge in [-0.05, 0) is 18.6 Å². The van der Waals surface area contributed by atoms with E-state index in [1.807, 2.05) is 6.92 Å². The molecule has 0 bridgehead atoms. The lowest BCUT2D eigenvalue weighted by Crippen LogP contribution is -2.13. The van der Waals surface area contributed by atoms with Crippen LogP contribution in [-0.2, 0) is 6.54 Å². The summed E-state index contributed by atoms with van der Waals surface area (Å²) >= 11 is 0. The third kappa shape index (κ3) is 2.37. The van der Waals surface area contributed by atoms with Gasteiger partial charge in [0, 0.05) is 18.8 Å². The van der Waals surface area contributed by atoms with Crippen LogP contribution in [0.2, 0.25) is 0 Å². The first-order chi connectivity index (χ1) is 8.76. The SMILES string of the molecule is CCCn1nccc1C(=O)c1ccc(OC)nn1. The largest absolute Gasteiger partial charge is 0.480 e. The van der Waals surface area contributed by atoms with Crippen molar-refractivity contribution in [3.8, 4) is 5.88 Å². The lowest BCUT2D eigenvalue weighted by molar-refractivity contribution is 0.102. The van der Waals surface area contributed by atoms with Gasteiger partial charge in [-0.1, -0.05) is 6.92 Å². The zero-order chi connectivity index (χ0) is 13.0. The molecule has 6 heteroatoms. The third-order valence-corrected chi connectivity index (χ3v) is 2.47. The Labute approximate surface area is 105 Å². The van der Waals surface area contributed by atoms with E-state index in [4.69, 9.17) is 4.74 Å². The minimum absolute atomic E-state index is 0.184. The number of hydrogen-bond acceptors (Lipinski definition) is 5. The van der Waals surface area contributed by atoms with Gasteiger partial charge >= 0.3 is 0 Å². The molecular formula is C12H14N4O2. The van der Waals surface area contributed by atoms with E-state index in [1.165, 1.54) is 7.11 Å². The molecule has 0 atom stereocenters. The fraction of sp³-hybridized carbons (Fsp3) is 0.333. The van der Waals surface area contributed by atoms with E-state index in [2.05, 4.69) is 15.3 Å². The molecule has 6 nitrogen and oxygen atoms in total. The fourth-order valence-corrected chi connectivity index (χ4v) is 1.60. The van der Waals surface area contributed by atoms with Crippen molar-refractivity contribution in [3.63, 3.8) is 0 Å². The Morgan fingerprint density at radius 3 is 2.78 bits per heavy atom. The van der Waals surface area contributed by atoms with Crippen LogP contribution in [0.5, 0.6) is 5.88 Å². The molecule has 0 N–H and O–H groups in total. The summed E-state index contributed by atoms with van der Waals surface area (Å²) in [5.74, 6) is 0.199. The second kappa shape index (κ2) is 5.39. The quantitative estimate of drug-likeness (QED) is 0.744. The molecule has 94 valence electrons. The van der Waals surface area contributed by atoms with Gasteiger partial charge in [-0.15, -0.1) is 10.2 Å². The molecule has 0 radical (unpaired) electrons. The van der Waals surface area contributed by atoms with Crippen molar-refractivity contribution < 1.29 is 9.53 Å². The number of hydrogen-bond donors (Lipinski definition) is 0. The van der Waals surface area contributed by atoms with E-state index in [-0.39, 0.29) is 11.5 Å². The molecule has 2 aromatic heterocycles. The van der Waals surface area contributed by atoms with Gasteiger partial charge in [0.1, 0.15) is 11.4 Å². The average Bonchev–Trinajstić information content (AvgIpc) is 2.87. The number of aryl methyl sites for hydroxylation is 1. The van der Waals surface area contributed by atoms with Gasteiger partial charge in [-0.2, -0.15) is 5.10 Å². The highest BCUT2D eigenvalue weighted by molar-refractivity contribution is 6.06. The molecule has 0 spiro atoms. The van der Waals surface area contributed by atoms with Crippen LogP contribution >= 0.6 is 0 Å². The minimum Gasteiger partial charge on any atom is -0.480 e. The fourth-order valence-electron chi connectivity index (χ4n) is 1.60. The zero-order valence-corrected chi connectivity index (χ0v) is 10.3. The first-order valence-electron chi connectivity index (χ1n) is 5.70. The first kappa shape index (κ1) is 12.2. The minimum atomic E-state index is -0.184. The van der Waals surface area contributed by atoms with Crippen LogP contribution in [0.3, 0.4) is 0 Å². The Bertz CT molecular complexity index is 533. The van der Waals surface area contributed by atoms with Crippen molar-refractivity contribution >= 4 is 5.78 Å². The zero-order valence-electron chi connectivity index (χ0n) is 10.3. The van der Waals surface area contributed by atoms with E-state index < -0.39 is 0 Å². The van der Waals surface area contributed by atoms with Crippen molar-refractivity contribution in [2.75, 3.05) is 7.11 Å². The van der Waals surface area contributed by atoms with Gasteiger partial charge in [0.25, 0.3) is 0 Å². The molecule has 0 aliphatic rings. The molecule has 0 aliphatic carbocycles. The highest BCUT2D eigenvalue weighted by Crippen LogP contribution is 2.10. The summed E-state index contributed by atoms with van der Waals surface area (Å²) in [7, 11) is 1.50. The smallest absolute Gasteiger partial charge is 0.233 e. The van der Waals surface area contributed by atoms with Crippen LogP contribution in [0.15, 0.2) is 24.4 Å². The lowest BCUT2D eigenvalue weighted by Gasteiger charge is -2.04. The van der Waals surface area contributed by atoms with Crippen molar-refractivity contribution in [2.24, 2.45) is 0 Å². The Balaban J connectivity index is 2.26. The van der Waals surface area contributed by atoms with E-state index in [1.54, 1.807) is 29.1 Å². The van der Waals surface area contributed by atoms with Crippen LogP contribution < -0.4 is 4.74 Å². The number of carbonyl (C=O) groups excluding carboxylic acids is 1. The van der Waals surface area contributed by atoms with E-state index in [0.717, 1.165) is 6.42 Å². The van der Waals surface area contributed by atoms with Crippen molar-refractivity contribution in [3.05, 3.63) is 35.8 Å². The predicted octanol–water partition coefficient (Wildman–Crippen LogP) is 1.32. The molecule has 18 heavy (non-hydrogen) atoms. The van der Waals surface area contributed by atoms with Crippen molar-refractivity contribution in [2.45, 2.75) is 19.9 Å². The Morgan fingerprint density at radius 2 is 2.17 bits per heavy atom. The van der Waals surface area contributed by atoms with Gasteiger partial charge in [0.15, 0.2) is 0 Å². The Morgan fingerprint density at radius 1 is 1.33 bits per heavy atom. The van der Waals surface area contributed by atoms with Crippen LogP contribution in [0.1, 0.15) is 29.5 Å². The number of ketones is 1. The number of carbonyl (C=O) groups is 1. The topological polar surface area (TPSA) is 69.9 Å². The maximum absolute atomic E-state index is 12.2. The second-order valence-electron chi connectivity index (χ2n) is 3.73. The van der Waals surface area contributed by atoms with Crippen LogP contribution in [0.4, 0.5) is 0 Å². The number of rotatable bonds is 5. The van der Waals surface area contributed by atoms with Crippen molar-refractivity contribution in [1.82, 2.24) is 20.0 Å². The Hall–Kier alpha value is -2.24. The van der Waals surface area contributed by atoms with E-state index >= 15 is 0 Å². The van der Waals surface area contributed by atoms with E-state index in [0.29, 0.717) is 18.1 Å². The summed E-state index contributed by atoms with van der Waals surface area (Å²) in [5, 5.41) is 11.7. The molecule has 0 fully saturated rings. The molecule has 0 saturated heterocycles. The summed E-state index contributed by atoms with van der Waals surface area (Å²) in [6.45, 7) is 2.74. The second-order valence-corrected chi connectivity index (χ2v) is 3.73. The first-order valence-corrected chi connectivity index (χ1v) is 5.70. The van der Waals surface area contributed by atoms with Gasteiger partial charge in [-0.3, -0.25) is 9.48 Å². The summed E-state index contributed by atoms with van der Waals surface area (Å²) in [6, 6.07) is 4.89. The summed E-state index contributed by atoms with van der Waals surface area (Å²) in [5.41, 5.74) is 0.810. The number of aromatic nitrogens is 4. The average molecular weight is 246 g/mol. The number of nitrogens with zero attached hydrogens (tertiary/aromatic N) is 4. The van der Waals surface area contributed by atoms with Gasteiger partial charge in [0.2, 0.25) is 11.7 Å². The van der Waals surface area contributed by atoms with Crippen LogP contribution in [0.25, 0.3) is 0 Å². The highest BCUT2D eigenvalue weighted by atomic mass is 16.5. The van der Waals surface area contributed by atoms with Crippen molar-refractivity contribution in [1.29, 1.82) is 0 Å². The molecule has 2 aromatic rings. The maximum atomic E-state index is 12.2. The molecule has 0 aliphatic heterocycles. The number of ether oxygens (including phenoxy) is 1. The van der Waals surface area contributed by atoms with Crippen LogP contribution in [0, 0.1) is 0 Å². The monoisotopic (exact) mass is 246 g/mol.